The molecule has 0 saturated heterocycles. The number of fused-ring (bicyclic) bond motifs is 1. The molecule has 34 heavy (non-hydrogen) atoms. The number of aryl methyl sites for hydroxylation is 1. The molecule has 5 rings (SSSR count). The summed E-state index contributed by atoms with van der Waals surface area (Å²) in [5.74, 6) is 1.19. The largest absolute Gasteiger partial charge is 0.359 e. The summed E-state index contributed by atoms with van der Waals surface area (Å²) >= 11 is 1.70. The van der Waals surface area contributed by atoms with E-state index < -0.39 is 0 Å². The fourth-order valence-corrected chi connectivity index (χ4v) is 4.91. The Morgan fingerprint density at radius 3 is 2.47 bits per heavy atom. The van der Waals surface area contributed by atoms with Crippen LogP contribution in [0.2, 0.25) is 0 Å². The highest BCUT2D eigenvalue weighted by Crippen LogP contribution is 2.28. The maximum Gasteiger partial charge on any atom is 0.258 e. The van der Waals surface area contributed by atoms with Crippen LogP contribution in [0.4, 0.5) is 4.39 Å². The molecule has 3 aromatic carbocycles. The molecule has 0 bridgehead atoms. The van der Waals surface area contributed by atoms with Crippen LogP contribution in [0.5, 0.6) is 0 Å². The van der Waals surface area contributed by atoms with Gasteiger partial charge in [-0.2, -0.15) is 0 Å². The SMILES string of the molecule is Cc1cc(Cn2cc(Cc3ccc(F)cc3)c3ccc(SCc4ccccc4)cc3c2=O)on1. The van der Waals surface area contributed by atoms with E-state index in [1.807, 2.05) is 49.5 Å². The Balaban J connectivity index is 1.54. The van der Waals surface area contributed by atoms with Gasteiger partial charge in [-0.1, -0.05) is 53.7 Å². The Hall–Kier alpha value is -3.64. The van der Waals surface area contributed by atoms with Crippen molar-refractivity contribution in [2.24, 2.45) is 0 Å². The van der Waals surface area contributed by atoms with Gasteiger partial charge in [-0.25, -0.2) is 4.39 Å². The lowest BCUT2D eigenvalue weighted by Gasteiger charge is -2.13. The van der Waals surface area contributed by atoms with E-state index in [1.165, 1.54) is 17.7 Å². The first kappa shape index (κ1) is 22.2. The highest BCUT2D eigenvalue weighted by Gasteiger charge is 2.13. The van der Waals surface area contributed by atoms with Gasteiger partial charge in [-0.3, -0.25) is 4.79 Å². The minimum atomic E-state index is -0.264. The Morgan fingerprint density at radius 1 is 0.941 bits per heavy atom. The number of nitrogens with zero attached hydrogens (tertiary/aromatic N) is 2. The average Bonchev–Trinajstić information content (AvgIpc) is 3.27. The molecular formula is C28H23FN2O2S. The van der Waals surface area contributed by atoms with Gasteiger partial charge in [0.15, 0.2) is 5.76 Å². The molecular weight excluding hydrogens is 447 g/mol. The summed E-state index contributed by atoms with van der Waals surface area (Å²) in [6, 6.07) is 24.6. The van der Waals surface area contributed by atoms with Crippen molar-refractivity contribution >= 4 is 22.5 Å². The number of benzene rings is 3. The smallest absolute Gasteiger partial charge is 0.258 e. The van der Waals surface area contributed by atoms with Gasteiger partial charge in [-0.15, -0.1) is 11.8 Å². The van der Waals surface area contributed by atoms with Crippen molar-refractivity contribution in [3.05, 3.63) is 129 Å². The minimum Gasteiger partial charge on any atom is -0.359 e. The number of hydrogen-bond donors (Lipinski definition) is 0. The van der Waals surface area contributed by atoms with E-state index >= 15 is 0 Å². The van der Waals surface area contributed by atoms with Gasteiger partial charge in [0.1, 0.15) is 5.82 Å². The van der Waals surface area contributed by atoms with E-state index in [2.05, 4.69) is 23.4 Å². The molecule has 0 radical (unpaired) electrons. The Labute approximate surface area is 201 Å². The molecule has 0 amide bonds. The maximum atomic E-state index is 13.5. The van der Waals surface area contributed by atoms with Gasteiger partial charge < -0.3 is 9.09 Å². The molecule has 0 unspecified atom stereocenters. The van der Waals surface area contributed by atoms with Crippen LogP contribution >= 0.6 is 11.8 Å². The predicted molar refractivity (Wildman–Crippen MR) is 134 cm³/mol. The molecule has 0 fully saturated rings. The standard InChI is InChI=1S/C28H23FN2O2S/c1-19-13-24(33-30-19)17-31-16-22(14-20-7-9-23(29)10-8-20)26-12-11-25(15-27(26)28(31)32)34-18-21-5-3-2-4-6-21/h2-13,15-16H,14,17-18H2,1H3. The molecule has 2 heterocycles. The van der Waals surface area contributed by atoms with Gasteiger partial charge in [0, 0.05) is 28.3 Å². The number of aromatic nitrogens is 2. The van der Waals surface area contributed by atoms with Crippen molar-refractivity contribution in [1.82, 2.24) is 9.72 Å². The first-order valence-electron chi connectivity index (χ1n) is 11.0. The van der Waals surface area contributed by atoms with Crippen LogP contribution in [0.15, 0.2) is 99.3 Å². The molecule has 170 valence electrons. The van der Waals surface area contributed by atoms with Crippen molar-refractivity contribution in [3.8, 4) is 0 Å². The van der Waals surface area contributed by atoms with Crippen molar-refractivity contribution in [3.63, 3.8) is 0 Å². The van der Waals surface area contributed by atoms with E-state index in [1.54, 1.807) is 28.5 Å². The molecule has 5 aromatic rings. The number of pyridine rings is 1. The van der Waals surface area contributed by atoms with Crippen molar-refractivity contribution in [1.29, 1.82) is 0 Å². The molecule has 4 nitrogen and oxygen atoms in total. The van der Waals surface area contributed by atoms with Crippen LogP contribution in [0.3, 0.4) is 0 Å². The summed E-state index contributed by atoms with van der Waals surface area (Å²) in [5.41, 5.74) is 3.91. The zero-order valence-corrected chi connectivity index (χ0v) is 19.5. The molecule has 0 spiro atoms. The molecule has 0 aliphatic heterocycles. The molecule has 2 aromatic heterocycles. The highest BCUT2D eigenvalue weighted by molar-refractivity contribution is 7.98. The molecule has 0 aliphatic rings. The monoisotopic (exact) mass is 470 g/mol. The summed E-state index contributed by atoms with van der Waals surface area (Å²) < 4.78 is 20.5. The summed E-state index contributed by atoms with van der Waals surface area (Å²) in [4.78, 5) is 14.5. The van der Waals surface area contributed by atoms with Crippen LogP contribution in [-0.4, -0.2) is 9.72 Å². The summed E-state index contributed by atoms with van der Waals surface area (Å²) in [5, 5.41) is 5.51. The van der Waals surface area contributed by atoms with Gasteiger partial charge in [0.05, 0.1) is 12.2 Å². The van der Waals surface area contributed by atoms with Crippen LogP contribution in [-0.2, 0) is 18.7 Å². The number of rotatable bonds is 7. The van der Waals surface area contributed by atoms with Gasteiger partial charge in [-0.05, 0) is 59.7 Å². The lowest BCUT2D eigenvalue weighted by atomic mass is 10.0. The van der Waals surface area contributed by atoms with E-state index in [4.69, 9.17) is 4.52 Å². The topological polar surface area (TPSA) is 48.0 Å². The van der Waals surface area contributed by atoms with E-state index in [9.17, 15) is 9.18 Å². The quantitative estimate of drug-likeness (QED) is 0.259. The third-order valence-corrected chi connectivity index (χ3v) is 6.76. The van der Waals surface area contributed by atoms with Crippen LogP contribution in [0.25, 0.3) is 10.8 Å². The van der Waals surface area contributed by atoms with Crippen molar-refractivity contribution in [2.45, 2.75) is 30.5 Å². The normalized spacial score (nSPS) is 11.2. The van der Waals surface area contributed by atoms with E-state index in [0.29, 0.717) is 24.1 Å². The Morgan fingerprint density at radius 2 is 1.74 bits per heavy atom. The van der Waals surface area contributed by atoms with E-state index in [0.717, 1.165) is 32.9 Å². The number of thioether (sulfide) groups is 1. The van der Waals surface area contributed by atoms with Gasteiger partial charge >= 0.3 is 0 Å². The molecule has 0 atom stereocenters. The second-order valence-electron chi connectivity index (χ2n) is 8.31. The predicted octanol–water partition coefficient (Wildman–Crippen LogP) is 6.37. The molecule has 0 N–H and O–H groups in total. The Kier molecular flexibility index (Phi) is 6.32. The number of hydrogen-bond acceptors (Lipinski definition) is 4. The summed E-state index contributed by atoms with van der Waals surface area (Å²) in [6.45, 7) is 2.15. The second kappa shape index (κ2) is 9.69. The summed E-state index contributed by atoms with van der Waals surface area (Å²) in [6.07, 6.45) is 2.46. The fraction of sp³-hybridized carbons (Fsp3) is 0.143. The summed E-state index contributed by atoms with van der Waals surface area (Å²) in [7, 11) is 0. The third-order valence-electron chi connectivity index (χ3n) is 5.70. The average molecular weight is 471 g/mol. The highest BCUT2D eigenvalue weighted by atomic mass is 32.2. The second-order valence-corrected chi connectivity index (χ2v) is 9.36. The van der Waals surface area contributed by atoms with Crippen molar-refractivity contribution < 1.29 is 8.91 Å². The van der Waals surface area contributed by atoms with Crippen molar-refractivity contribution in [2.75, 3.05) is 0 Å². The van der Waals surface area contributed by atoms with Crippen LogP contribution in [0, 0.1) is 12.7 Å². The zero-order valence-electron chi connectivity index (χ0n) is 18.7. The zero-order chi connectivity index (χ0) is 23.5. The van der Waals surface area contributed by atoms with Gasteiger partial charge in [0.2, 0.25) is 0 Å². The van der Waals surface area contributed by atoms with E-state index in [-0.39, 0.29) is 11.4 Å². The molecule has 0 saturated carbocycles. The Bertz CT molecular complexity index is 1490. The van der Waals surface area contributed by atoms with Gasteiger partial charge in [0.25, 0.3) is 5.56 Å². The maximum absolute atomic E-state index is 13.5. The third kappa shape index (κ3) is 4.97. The lowest BCUT2D eigenvalue weighted by molar-refractivity contribution is 0.372. The first-order chi connectivity index (χ1) is 16.5. The van der Waals surface area contributed by atoms with Crippen LogP contribution in [0.1, 0.15) is 28.1 Å². The number of halogens is 1. The molecule has 0 aliphatic carbocycles. The fourth-order valence-electron chi connectivity index (χ4n) is 4.02. The lowest BCUT2D eigenvalue weighted by Crippen LogP contribution is -2.21. The van der Waals surface area contributed by atoms with Crippen LogP contribution < -0.4 is 5.56 Å². The minimum absolute atomic E-state index is 0.0749. The first-order valence-corrected chi connectivity index (χ1v) is 12.0. The molecule has 6 heteroatoms.